The first-order chi connectivity index (χ1) is 7.44. The van der Waals surface area contributed by atoms with Gasteiger partial charge in [0.2, 0.25) is 5.91 Å². The van der Waals surface area contributed by atoms with Gasteiger partial charge in [-0.3, -0.25) is 4.79 Å². The molecule has 1 N–H and O–H groups in total. The van der Waals surface area contributed by atoms with Gasteiger partial charge in [-0.05, 0) is 27.3 Å². The van der Waals surface area contributed by atoms with Gasteiger partial charge < -0.3 is 10.2 Å². The lowest BCUT2D eigenvalue weighted by molar-refractivity contribution is -0.131. The lowest BCUT2D eigenvalue weighted by atomic mass is 10.1. The maximum atomic E-state index is 12.0. The molecule has 0 bridgehead atoms. The Bertz CT molecular complexity index is 243. The van der Waals surface area contributed by atoms with Crippen molar-refractivity contribution < 1.29 is 4.79 Å². The van der Waals surface area contributed by atoms with Gasteiger partial charge in [-0.15, -0.1) is 0 Å². The van der Waals surface area contributed by atoms with Crippen LogP contribution < -0.4 is 5.32 Å². The summed E-state index contributed by atoms with van der Waals surface area (Å²) in [7, 11) is 0. The van der Waals surface area contributed by atoms with Gasteiger partial charge in [0.1, 0.15) is 0 Å². The Labute approximate surface area is 103 Å². The van der Waals surface area contributed by atoms with E-state index in [9.17, 15) is 4.79 Å². The maximum Gasteiger partial charge on any atom is 0.224 e. The minimum Gasteiger partial charge on any atom is -0.340 e. The Kier molecular flexibility index (Phi) is 5.12. The summed E-state index contributed by atoms with van der Waals surface area (Å²) in [5.74, 6) is 1.36. The van der Waals surface area contributed by atoms with Crippen molar-refractivity contribution in [2.24, 2.45) is 0 Å². The zero-order valence-electron chi connectivity index (χ0n) is 10.9. The van der Waals surface area contributed by atoms with Gasteiger partial charge in [0, 0.05) is 36.1 Å². The van der Waals surface area contributed by atoms with E-state index in [0.29, 0.717) is 12.3 Å². The Hall–Kier alpha value is -0.220. The number of amides is 1. The molecule has 0 spiro atoms. The third-order valence-corrected chi connectivity index (χ3v) is 4.11. The second-order valence-corrected chi connectivity index (χ2v) is 6.89. The first kappa shape index (κ1) is 13.8. The molecule has 1 aliphatic heterocycles. The molecule has 0 saturated carbocycles. The molecule has 1 rings (SSSR count). The SMILES string of the molecule is CCNC(C)CC(=O)N1CCSC(C)(C)C1. The van der Waals surface area contributed by atoms with Gasteiger partial charge in [0.15, 0.2) is 0 Å². The fourth-order valence-electron chi connectivity index (χ4n) is 2.04. The monoisotopic (exact) mass is 244 g/mol. The van der Waals surface area contributed by atoms with Gasteiger partial charge in [-0.1, -0.05) is 6.92 Å². The van der Waals surface area contributed by atoms with E-state index in [1.54, 1.807) is 0 Å². The van der Waals surface area contributed by atoms with Crippen LogP contribution in [-0.2, 0) is 4.79 Å². The highest BCUT2D eigenvalue weighted by molar-refractivity contribution is 8.00. The van der Waals surface area contributed by atoms with Crippen molar-refractivity contribution in [2.75, 3.05) is 25.4 Å². The van der Waals surface area contributed by atoms with Crippen molar-refractivity contribution in [3.8, 4) is 0 Å². The Morgan fingerprint density at radius 3 is 2.81 bits per heavy atom. The molecule has 16 heavy (non-hydrogen) atoms. The zero-order valence-corrected chi connectivity index (χ0v) is 11.7. The highest BCUT2D eigenvalue weighted by atomic mass is 32.2. The van der Waals surface area contributed by atoms with E-state index in [2.05, 4.69) is 33.0 Å². The summed E-state index contributed by atoms with van der Waals surface area (Å²) in [5.41, 5.74) is 0. The zero-order chi connectivity index (χ0) is 12.2. The van der Waals surface area contributed by atoms with Crippen molar-refractivity contribution >= 4 is 17.7 Å². The van der Waals surface area contributed by atoms with Gasteiger partial charge in [0.05, 0.1) is 0 Å². The number of hydrogen-bond donors (Lipinski definition) is 1. The Morgan fingerprint density at radius 2 is 2.25 bits per heavy atom. The van der Waals surface area contributed by atoms with Crippen molar-refractivity contribution in [1.29, 1.82) is 0 Å². The number of nitrogens with zero attached hydrogens (tertiary/aromatic N) is 1. The number of nitrogens with one attached hydrogen (secondary N) is 1. The van der Waals surface area contributed by atoms with E-state index >= 15 is 0 Å². The molecule has 0 aromatic carbocycles. The van der Waals surface area contributed by atoms with Crippen LogP contribution >= 0.6 is 11.8 Å². The summed E-state index contributed by atoms with van der Waals surface area (Å²) in [6.45, 7) is 11.3. The van der Waals surface area contributed by atoms with Crippen LogP contribution in [0, 0.1) is 0 Å². The summed E-state index contributed by atoms with van der Waals surface area (Å²) in [4.78, 5) is 14.1. The molecule has 3 nitrogen and oxygen atoms in total. The van der Waals surface area contributed by atoms with Crippen LogP contribution in [0.1, 0.15) is 34.1 Å². The molecular weight excluding hydrogens is 220 g/mol. The smallest absolute Gasteiger partial charge is 0.224 e. The van der Waals surface area contributed by atoms with Crippen molar-refractivity contribution in [3.63, 3.8) is 0 Å². The van der Waals surface area contributed by atoms with Crippen LogP contribution in [0.25, 0.3) is 0 Å². The van der Waals surface area contributed by atoms with Crippen LogP contribution in [0.3, 0.4) is 0 Å². The average molecular weight is 244 g/mol. The first-order valence-electron chi connectivity index (χ1n) is 6.10. The molecule has 1 aliphatic rings. The quantitative estimate of drug-likeness (QED) is 0.817. The fourth-order valence-corrected chi connectivity index (χ4v) is 3.15. The molecule has 1 amide bonds. The molecule has 1 unspecified atom stereocenters. The molecule has 4 heteroatoms. The molecule has 1 saturated heterocycles. The van der Waals surface area contributed by atoms with E-state index in [4.69, 9.17) is 0 Å². The highest BCUT2D eigenvalue weighted by Gasteiger charge is 2.29. The summed E-state index contributed by atoms with van der Waals surface area (Å²) >= 11 is 1.96. The van der Waals surface area contributed by atoms with Gasteiger partial charge >= 0.3 is 0 Å². The Balaban J connectivity index is 2.41. The summed E-state index contributed by atoms with van der Waals surface area (Å²) in [5, 5.41) is 3.28. The molecular formula is C12H24N2OS. The van der Waals surface area contributed by atoms with Crippen LogP contribution in [0.5, 0.6) is 0 Å². The van der Waals surface area contributed by atoms with E-state index in [1.165, 1.54) is 0 Å². The van der Waals surface area contributed by atoms with Crippen LogP contribution in [0.4, 0.5) is 0 Å². The second-order valence-electron chi connectivity index (χ2n) is 5.09. The van der Waals surface area contributed by atoms with Gasteiger partial charge in [-0.2, -0.15) is 11.8 Å². The van der Waals surface area contributed by atoms with Crippen LogP contribution in [-0.4, -0.2) is 47.0 Å². The molecule has 0 aromatic rings. The third kappa shape index (κ3) is 4.34. The van der Waals surface area contributed by atoms with Crippen molar-refractivity contribution in [2.45, 2.75) is 44.9 Å². The Morgan fingerprint density at radius 1 is 1.56 bits per heavy atom. The lowest BCUT2D eigenvalue weighted by Crippen LogP contribution is -2.47. The lowest BCUT2D eigenvalue weighted by Gasteiger charge is -2.38. The molecule has 0 aliphatic carbocycles. The molecule has 1 heterocycles. The van der Waals surface area contributed by atoms with Crippen LogP contribution in [0.15, 0.2) is 0 Å². The third-order valence-electron chi connectivity index (χ3n) is 2.81. The number of thioether (sulfide) groups is 1. The standard InChI is InChI=1S/C12H24N2OS/c1-5-13-10(2)8-11(15)14-6-7-16-12(3,4)9-14/h10,13H,5-9H2,1-4H3. The van der Waals surface area contributed by atoms with E-state index in [-0.39, 0.29) is 10.8 Å². The molecule has 0 radical (unpaired) electrons. The highest BCUT2D eigenvalue weighted by Crippen LogP contribution is 2.29. The molecule has 1 fully saturated rings. The predicted molar refractivity (Wildman–Crippen MR) is 70.9 cm³/mol. The van der Waals surface area contributed by atoms with E-state index in [1.807, 2.05) is 16.7 Å². The number of carbonyl (C=O) groups is 1. The fraction of sp³-hybridized carbons (Fsp3) is 0.917. The summed E-state index contributed by atoms with van der Waals surface area (Å²) in [6.07, 6.45) is 0.620. The minimum absolute atomic E-state index is 0.218. The number of carbonyl (C=O) groups excluding carboxylic acids is 1. The maximum absolute atomic E-state index is 12.0. The van der Waals surface area contributed by atoms with Gasteiger partial charge in [0.25, 0.3) is 0 Å². The first-order valence-corrected chi connectivity index (χ1v) is 7.08. The van der Waals surface area contributed by atoms with E-state index < -0.39 is 0 Å². The molecule has 0 aromatic heterocycles. The number of hydrogen-bond acceptors (Lipinski definition) is 3. The summed E-state index contributed by atoms with van der Waals surface area (Å²) in [6, 6.07) is 0.287. The van der Waals surface area contributed by atoms with Gasteiger partial charge in [-0.25, -0.2) is 0 Å². The molecule has 94 valence electrons. The van der Waals surface area contributed by atoms with Crippen LogP contribution in [0.2, 0.25) is 0 Å². The van der Waals surface area contributed by atoms with E-state index in [0.717, 1.165) is 25.4 Å². The normalized spacial score (nSPS) is 21.9. The summed E-state index contributed by atoms with van der Waals surface area (Å²) < 4.78 is 0.218. The predicted octanol–water partition coefficient (Wildman–Crippen LogP) is 1.73. The second kappa shape index (κ2) is 5.92. The molecule has 1 atom stereocenters. The minimum atomic E-state index is 0.218. The number of rotatable bonds is 4. The topological polar surface area (TPSA) is 32.3 Å². The largest absolute Gasteiger partial charge is 0.340 e. The van der Waals surface area contributed by atoms with Crippen molar-refractivity contribution in [3.05, 3.63) is 0 Å². The van der Waals surface area contributed by atoms with Crippen molar-refractivity contribution in [1.82, 2.24) is 10.2 Å². The average Bonchev–Trinajstić information content (AvgIpc) is 2.16.